The van der Waals surface area contributed by atoms with Crippen LogP contribution in [0.5, 0.6) is 0 Å². The van der Waals surface area contributed by atoms with Crippen LogP contribution in [-0.4, -0.2) is 34.0 Å². The molecular formula is C18H18N4O5. The lowest BCUT2D eigenvalue weighted by molar-refractivity contribution is -0.136. The van der Waals surface area contributed by atoms with Crippen molar-refractivity contribution in [2.24, 2.45) is 16.5 Å². The van der Waals surface area contributed by atoms with Gasteiger partial charge in [-0.05, 0) is 42.3 Å². The number of nitrogens with zero attached hydrogens (tertiary/aromatic N) is 1. The Balaban J connectivity index is 2.23. The lowest BCUT2D eigenvalue weighted by Crippen LogP contribution is -2.22. The van der Waals surface area contributed by atoms with Gasteiger partial charge in [-0.15, -0.1) is 0 Å². The molecule has 27 heavy (non-hydrogen) atoms. The van der Waals surface area contributed by atoms with Crippen LogP contribution in [0.25, 0.3) is 0 Å². The zero-order chi connectivity index (χ0) is 20.0. The van der Waals surface area contributed by atoms with Crippen molar-refractivity contribution in [3.63, 3.8) is 0 Å². The highest BCUT2D eigenvalue weighted by molar-refractivity contribution is 6.05. The Bertz CT molecular complexity index is 920. The molecule has 2 rings (SSSR count). The number of hydrogen-bond acceptors (Lipinski definition) is 4. The third kappa shape index (κ3) is 5.56. The van der Waals surface area contributed by atoms with E-state index in [9.17, 15) is 19.5 Å². The van der Waals surface area contributed by atoms with Crippen LogP contribution in [0.15, 0.2) is 47.5 Å². The van der Waals surface area contributed by atoms with Crippen molar-refractivity contribution in [2.45, 2.75) is 12.8 Å². The highest BCUT2D eigenvalue weighted by Crippen LogP contribution is 2.20. The van der Waals surface area contributed by atoms with Crippen molar-refractivity contribution in [2.75, 3.05) is 5.32 Å². The highest BCUT2D eigenvalue weighted by atomic mass is 16.4. The summed E-state index contributed by atoms with van der Waals surface area (Å²) in [6, 6.07) is 10.6. The zero-order valence-corrected chi connectivity index (χ0v) is 14.2. The van der Waals surface area contributed by atoms with Crippen molar-refractivity contribution in [1.29, 1.82) is 0 Å². The van der Waals surface area contributed by atoms with Crippen LogP contribution < -0.4 is 16.8 Å². The molecule has 0 spiro atoms. The summed E-state index contributed by atoms with van der Waals surface area (Å²) in [6.45, 7) is 0. The predicted molar refractivity (Wildman–Crippen MR) is 99.2 cm³/mol. The first-order chi connectivity index (χ1) is 12.8. The van der Waals surface area contributed by atoms with Crippen LogP contribution in [0.1, 0.15) is 32.7 Å². The van der Waals surface area contributed by atoms with Gasteiger partial charge in [-0.2, -0.15) is 0 Å². The second-order valence-corrected chi connectivity index (χ2v) is 5.61. The summed E-state index contributed by atoms with van der Waals surface area (Å²) < 4.78 is 0. The zero-order valence-electron chi connectivity index (χ0n) is 14.2. The van der Waals surface area contributed by atoms with Gasteiger partial charge in [0.25, 0.3) is 5.91 Å². The van der Waals surface area contributed by atoms with Gasteiger partial charge < -0.3 is 27.0 Å². The fourth-order valence-corrected chi connectivity index (χ4v) is 2.38. The second-order valence-electron chi connectivity index (χ2n) is 5.61. The Labute approximate surface area is 154 Å². The summed E-state index contributed by atoms with van der Waals surface area (Å²) >= 11 is 0. The van der Waals surface area contributed by atoms with E-state index < -0.39 is 17.8 Å². The summed E-state index contributed by atoms with van der Waals surface area (Å²) in [5, 5.41) is 20.7. The lowest BCUT2D eigenvalue weighted by Gasteiger charge is -2.10. The number of aromatic carboxylic acids is 1. The van der Waals surface area contributed by atoms with Crippen LogP contribution in [0.2, 0.25) is 0 Å². The number of benzene rings is 2. The van der Waals surface area contributed by atoms with Gasteiger partial charge in [-0.3, -0.25) is 9.59 Å². The number of amides is 1. The second kappa shape index (κ2) is 8.48. The number of carbonyl (C=O) groups is 3. The van der Waals surface area contributed by atoms with Crippen LogP contribution in [0.4, 0.5) is 11.4 Å². The molecule has 0 atom stereocenters. The number of hydrogen-bond donors (Lipinski definition) is 5. The molecule has 0 fully saturated rings. The van der Waals surface area contributed by atoms with Crippen molar-refractivity contribution in [3.8, 4) is 0 Å². The molecule has 2 aromatic carbocycles. The van der Waals surface area contributed by atoms with Gasteiger partial charge in [0, 0.05) is 17.7 Å². The molecule has 0 saturated heterocycles. The first kappa shape index (κ1) is 19.4. The molecule has 0 unspecified atom stereocenters. The van der Waals surface area contributed by atoms with Gasteiger partial charge in [0.1, 0.15) is 0 Å². The van der Waals surface area contributed by atoms with E-state index in [0.29, 0.717) is 11.3 Å². The number of nitrogens with one attached hydrogen (secondary N) is 1. The predicted octanol–water partition coefficient (Wildman–Crippen LogP) is 1.56. The molecule has 0 aliphatic rings. The maximum atomic E-state index is 12.4. The number of anilines is 1. The minimum Gasteiger partial charge on any atom is -0.481 e. The van der Waals surface area contributed by atoms with E-state index in [2.05, 4.69) is 10.3 Å². The maximum Gasteiger partial charge on any atom is 0.336 e. The van der Waals surface area contributed by atoms with Gasteiger partial charge in [-0.25, -0.2) is 9.79 Å². The molecule has 0 aliphatic heterocycles. The minimum absolute atomic E-state index is 0.0664. The van der Waals surface area contributed by atoms with Gasteiger partial charge in [0.2, 0.25) is 0 Å². The summed E-state index contributed by atoms with van der Waals surface area (Å²) in [7, 11) is 0. The number of guanidine groups is 1. The number of aryl methyl sites for hydroxylation is 1. The average molecular weight is 370 g/mol. The standard InChI is InChI=1S/C18H18N4O5/c19-18(20)22-12-3-1-2-11(8-12)16(25)21-13-6-4-10(5-7-15(23)24)14(9-13)17(26)27/h1-4,6,8-9H,5,7H2,(H,21,25)(H,23,24)(H,26,27)(H4,19,20,22). The molecular weight excluding hydrogens is 352 g/mol. The molecule has 0 bridgehead atoms. The van der Waals surface area contributed by atoms with Gasteiger partial charge in [0.05, 0.1) is 11.3 Å². The molecule has 9 heteroatoms. The van der Waals surface area contributed by atoms with Crippen LogP contribution in [0, 0.1) is 0 Å². The van der Waals surface area contributed by atoms with E-state index in [1.54, 1.807) is 18.2 Å². The van der Waals surface area contributed by atoms with Gasteiger partial charge >= 0.3 is 11.9 Å². The van der Waals surface area contributed by atoms with E-state index >= 15 is 0 Å². The van der Waals surface area contributed by atoms with Crippen LogP contribution >= 0.6 is 0 Å². The number of aliphatic imine (C=N–C) groups is 1. The quantitative estimate of drug-likeness (QED) is 0.364. The smallest absolute Gasteiger partial charge is 0.336 e. The van der Waals surface area contributed by atoms with Crippen molar-refractivity contribution in [1.82, 2.24) is 0 Å². The first-order valence-electron chi connectivity index (χ1n) is 7.85. The SMILES string of the molecule is NC(N)=Nc1cccc(C(=O)Nc2ccc(CCC(=O)O)c(C(=O)O)c2)c1. The number of carboxylic acids is 2. The molecule has 0 heterocycles. The number of carboxylic acid groups (broad SMARTS) is 2. The number of rotatable bonds is 7. The van der Waals surface area contributed by atoms with Crippen LogP contribution in [-0.2, 0) is 11.2 Å². The Morgan fingerprint density at radius 1 is 1.04 bits per heavy atom. The molecule has 9 nitrogen and oxygen atoms in total. The molecule has 1 amide bonds. The number of aliphatic carboxylic acids is 1. The van der Waals surface area contributed by atoms with Gasteiger partial charge in [0.15, 0.2) is 5.96 Å². The topological polar surface area (TPSA) is 168 Å². The summed E-state index contributed by atoms with van der Waals surface area (Å²) in [4.78, 5) is 38.4. The molecule has 2 aromatic rings. The fraction of sp³-hybridized carbons (Fsp3) is 0.111. The first-order valence-corrected chi connectivity index (χ1v) is 7.85. The Kier molecular flexibility index (Phi) is 6.10. The molecule has 0 radical (unpaired) electrons. The van der Waals surface area contributed by atoms with E-state index in [-0.39, 0.29) is 35.6 Å². The van der Waals surface area contributed by atoms with Crippen molar-refractivity contribution < 1.29 is 24.6 Å². The number of nitrogens with two attached hydrogens (primary N) is 2. The van der Waals surface area contributed by atoms with Crippen molar-refractivity contribution >= 4 is 35.2 Å². The van der Waals surface area contributed by atoms with E-state index in [1.165, 1.54) is 24.3 Å². The Morgan fingerprint density at radius 2 is 1.78 bits per heavy atom. The molecule has 140 valence electrons. The molecule has 0 aliphatic carbocycles. The monoisotopic (exact) mass is 370 g/mol. The molecule has 7 N–H and O–H groups in total. The number of carbonyl (C=O) groups excluding carboxylic acids is 1. The van der Waals surface area contributed by atoms with E-state index in [1.807, 2.05) is 0 Å². The van der Waals surface area contributed by atoms with Gasteiger partial charge in [-0.1, -0.05) is 12.1 Å². The normalized spacial score (nSPS) is 10.1. The fourth-order valence-electron chi connectivity index (χ4n) is 2.38. The minimum atomic E-state index is -1.21. The van der Waals surface area contributed by atoms with Crippen molar-refractivity contribution in [3.05, 3.63) is 59.2 Å². The largest absolute Gasteiger partial charge is 0.481 e. The molecule has 0 saturated carbocycles. The third-order valence-corrected chi connectivity index (χ3v) is 3.57. The van der Waals surface area contributed by atoms with E-state index in [0.717, 1.165) is 0 Å². The third-order valence-electron chi connectivity index (χ3n) is 3.57. The summed E-state index contributed by atoms with van der Waals surface area (Å²) in [5.74, 6) is -2.85. The Morgan fingerprint density at radius 3 is 2.41 bits per heavy atom. The average Bonchev–Trinajstić information content (AvgIpc) is 2.60. The van der Waals surface area contributed by atoms with Crippen LogP contribution in [0.3, 0.4) is 0 Å². The molecule has 0 aromatic heterocycles. The lowest BCUT2D eigenvalue weighted by atomic mass is 10.0. The Hall–Kier alpha value is -3.88. The summed E-state index contributed by atoms with van der Waals surface area (Å²) in [6.07, 6.45) is -0.116. The summed E-state index contributed by atoms with van der Waals surface area (Å²) in [5.41, 5.74) is 11.9. The highest BCUT2D eigenvalue weighted by Gasteiger charge is 2.14. The maximum absolute atomic E-state index is 12.4. The van der Waals surface area contributed by atoms with E-state index in [4.69, 9.17) is 16.6 Å².